The molecule has 0 aliphatic heterocycles. The number of phenols is 1. The van der Waals surface area contributed by atoms with Crippen molar-refractivity contribution in [2.45, 2.75) is 52.4 Å². The summed E-state index contributed by atoms with van der Waals surface area (Å²) in [6.07, 6.45) is 5.58. The maximum absolute atomic E-state index is 11.6. The summed E-state index contributed by atoms with van der Waals surface area (Å²) in [5, 5.41) is 11.6. The van der Waals surface area contributed by atoms with E-state index < -0.39 is 0 Å². The second-order valence-corrected chi connectivity index (χ2v) is 13.3. The van der Waals surface area contributed by atoms with Crippen molar-refractivity contribution in [3.8, 4) is 50.6 Å². The van der Waals surface area contributed by atoms with Crippen molar-refractivity contribution in [1.29, 1.82) is 0 Å². The first-order chi connectivity index (χ1) is 20.4. The molecule has 5 heteroatoms. The van der Waals surface area contributed by atoms with Crippen LogP contribution in [0.25, 0.3) is 55.9 Å². The van der Waals surface area contributed by atoms with Crippen molar-refractivity contribution in [3.63, 3.8) is 0 Å². The second kappa shape index (κ2) is 10.5. The van der Waals surface area contributed by atoms with Gasteiger partial charge in [-0.15, -0.1) is 0 Å². The Bertz CT molecular complexity index is 1960. The van der Waals surface area contributed by atoms with Crippen LogP contribution >= 0.6 is 0 Å². The number of rotatable bonds is 4. The van der Waals surface area contributed by atoms with E-state index in [4.69, 9.17) is 9.97 Å². The third-order valence-electron chi connectivity index (χ3n) is 8.16. The lowest BCUT2D eigenvalue weighted by atomic mass is 9.79. The number of hydrogen-bond acceptors (Lipinski definition) is 4. The molecule has 0 unspecified atom stereocenters. The fourth-order valence-electron chi connectivity index (χ4n) is 5.61. The predicted molar refractivity (Wildman–Crippen MR) is 177 cm³/mol. The number of aryl methyl sites for hydroxylation is 1. The molecule has 0 bridgehead atoms. The Morgan fingerprint density at radius 2 is 1.40 bits per heavy atom. The van der Waals surface area contributed by atoms with Crippen LogP contribution in [-0.4, -0.2) is 24.6 Å². The Balaban J connectivity index is 1.49. The summed E-state index contributed by atoms with van der Waals surface area (Å²) in [6.45, 7) is 13.0. The molecule has 0 amide bonds. The Morgan fingerprint density at radius 3 is 2.12 bits per heavy atom. The first kappa shape index (κ1) is 28.4. The number of imidazole rings is 1. The molecular weight excluding hydrogens is 528 g/mol. The average Bonchev–Trinajstić information content (AvgIpc) is 3.33. The number of pyridine rings is 2. The lowest BCUT2D eigenvalue weighted by molar-refractivity contribution is 0.446. The fourth-order valence-corrected chi connectivity index (χ4v) is 5.61. The summed E-state index contributed by atoms with van der Waals surface area (Å²) in [5.41, 5.74) is 10.4. The molecule has 0 aliphatic carbocycles. The van der Waals surface area contributed by atoms with Gasteiger partial charge in [0.15, 0.2) is 0 Å². The highest BCUT2D eigenvalue weighted by Gasteiger charge is 2.27. The number of nitrogens with zero attached hydrogens (tertiary/aromatic N) is 4. The first-order valence-corrected chi connectivity index (χ1v) is 14.7. The van der Waals surface area contributed by atoms with Crippen LogP contribution in [0.1, 0.15) is 52.7 Å². The van der Waals surface area contributed by atoms with Crippen molar-refractivity contribution in [2.24, 2.45) is 7.05 Å². The van der Waals surface area contributed by atoms with E-state index in [1.807, 2.05) is 54.5 Å². The fraction of sp³-hybridized carbons (Fsp3) is 0.237. The Morgan fingerprint density at radius 1 is 0.674 bits per heavy atom. The molecule has 0 aliphatic rings. The van der Waals surface area contributed by atoms with Crippen molar-refractivity contribution in [2.75, 3.05) is 0 Å². The third-order valence-corrected chi connectivity index (χ3v) is 8.16. The van der Waals surface area contributed by atoms with Crippen LogP contribution < -0.4 is 0 Å². The van der Waals surface area contributed by atoms with E-state index in [0.717, 1.165) is 61.2 Å². The highest BCUT2D eigenvalue weighted by molar-refractivity contribution is 5.94. The van der Waals surface area contributed by atoms with E-state index in [9.17, 15) is 5.11 Å². The standard InChI is InChI=1S/C38H38N4O/c1-37(2,3)28-20-29(35(43)31(21-28)38(4,5)6)36-41-34-30(22-39-23-33(34)42(36)7)26-14-11-15-27(18-26)32-19-25(16-17-40-32)24-12-9-8-10-13-24/h8-23,43H,1-7H3. The molecule has 5 nitrogen and oxygen atoms in total. The molecule has 3 aromatic carbocycles. The summed E-state index contributed by atoms with van der Waals surface area (Å²) < 4.78 is 2.04. The van der Waals surface area contributed by atoms with Gasteiger partial charge in [-0.25, -0.2) is 4.98 Å². The molecule has 3 aromatic heterocycles. The van der Waals surface area contributed by atoms with Gasteiger partial charge in [0.25, 0.3) is 0 Å². The Hall–Kier alpha value is -4.77. The van der Waals surface area contributed by atoms with Crippen molar-refractivity contribution in [1.82, 2.24) is 19.5 Å². The van der Waals surface area contributed by atoms with E-state index in [1.165, 1.54) is 0 Å². The predicted octanol–water partition coefficient (Wildman–Crippen LogP) is 9.33. The molecule has 0 saturated carbocycles. The van der Waals surface area contributed by atoms with E-state index >= 15 is 0 Å². The van der Waals surface area contributed by atoms with Gasteiger partial charge in [-0.3, -0.25) is 9.97 Å². The van der Waals surface area contributed by atoms with E-state index in [-0.39, 0.29) is 16.6 Å². The SMILES string of the molecule is Cn1c(-c2cc(C(C)(C)C)cc(C(C)(C)C)c2O)nc2c(-c3cccc(-c4cc(-c5ccccc5)ccn4)c3)cncc21. The van der Waals surface area contributed by atoms with Crippen LogP contribution in [0.5, 0.6) is 5.75 Å². The highest BCUT2D eigenvalue weighted by atomic mass is 16.3. The van der Waals surface area contributed by atoms with Crippen LogP contribution in [0.3, 0.4) is 0 Å². The van der Waals surface area contributed by atoms with Crippen LogP contribution in [0, 0.1) is 0 Å². The lowest BCUT2D eigenvalue weighted by Crippen LogP contribution is -2.17. The molecule has 6 rings (SSSR count). The number of aromatic hydroxyl groups is 1. The maximum atomic E-state index is 11.6. The minimum Gasteiger partial charge on any atom is -0.507 e. The van der Waals surface area contributed by atoms with Crippen LogP contribution in [0.2, 0.25) is 0 Å². The summed E-state index contributed by atoms with van der Waals surface area (Å²) in [7, 11) is 1.99. The van der Waals surface area contributed by atoms with Gasteiger partial charge in [-0.1, -0.05) is 96.1 Å². The van der Waals surface area contributed by atoms with Crippen molar-refractivity contribution in [3.05, 3.63) is 109 Å². The summed E-state index contributed by atoms with van der Waals surface area (Å²) in [6, 6.07) is 27.1. The second-order valence-electron chi connectivity index (χ2n) is 13.3. The third kappa shape index (κ3) is 5.32. The van der Waals surface area contributed by atoms with Gasteiger partial charge in [-0.05, 0) is 57.3 Å². The summed E-state index contributed by atoms with van der Waals surface area (Å²) in [5.74, 6) is 0.992. The number of hydrogen-bond donors (Lipinski definition) is 1. The monoisotopic (exact) mass is 566 g/mol. The quantitative estimate of drug-likeness (QED) is 0.231. The molecule has 0 atom stereocenters. The van der Waals surface area contributed by atoms with E-state index in [0.29, 0.717) is 5.82 Å². The minimum absolute atomic E-state index is 0.0912. The zero-order chi connectivity index (χ0) is 30.5. The summed E-state index contributed by atoms with van der Waals surface area (Å²) >= 11 is 0. The van der Waals surface area contributed by atoms with Crippen molar-refractivity contribution < 1.29 is 5.11 Å². The normalized spacial score (nSPS) is 12.2. The van der Waals surface area contributed by atoms with Gasteiger partial charge in [0.1, 0.15) is 17.1 Å². The minimum atomic E-state index is -0.232. The molecule has 3 heterocycles. The molecule has 0 saturated heterocycles. The molecule has 0 spiro atoms. The van der Waals surface area contributed by atoms with Gasteiger partial charge >= 0.3 is 0 Å². The largest absolute Gasteiger partial charge is 0.507 e. The Labute approximate surface area is 253 Å². The zero-order valence-electron chi connectivity index (χ0n) is 26.0. The van der Waals surface area contributed by atoms with Crippen LogP contribution in [0.4, 0.5) is 0 Å². The smallest absolute Gasteiger partial charge is 0.144 e. The highest BCUT2D eigenvalue weighted by Crippen LogP contribution is 2.43. The molecule has 43 heavy (non-hydrogen) atoms. The Kier molecular flexibility index (Phi) is 6.92. The van der Waals surface area contributed by atoms with Gasteiger partial charge < -0.3 is 9.67 Å². The van der Waals surface area contributed by atoms with Crippen LogP contribution in [-0.2, 0) is 17.9 Å². The molecule has 0 fully saturated rings. The molecule has 0 radical (unpaired) electrons. The number of aromatic nitrogens is 4. The zero-order valence-corrected chi connectivity index (χ0v) is 26.0. The van der Waals surface area contributed by atoms with Gasteiger partial charge in [0.2, 0.25) is 0 Å². The van der Waals surface area contributed by atoms with E-state index in [1.54, 1.807) is 0 Å². The van der Waals surface area contributed by atoms with Gasteiger partial charge in [0, 0.05) is 36.1 Å². The molecule has 6 aromatic rings. The molecule has 1 N–H and O–H groups in total. The number of benzene rings is 3. The topological polar surface area (TPSA) is 63.8 Å². The number of fused-ring (bicyclic) bond motifs is 1. The maximum Gasteiger partial charge on any atom is 0.144 e. The first-order valence-electron chi connectivity index (χ1n) is 14.7. The lowest BCUT2D eigenvalue weighted by Gasteiger charge is -2.27. The van der Waals surface area contributed by atoms with Gasteiger partial charge in [0.05, 0.1) is 23.0 Å². The van der Waals surface area contributed by atoms with E-state index in [2.05, 4.69) is 101 Å². The molecule has 216 valence electrons. The van der Waals surface area contributed by atoms with Crippen molar-refractivity contribution >= 4 is 11.0 Å². The summed E-state index contributed by atoms with van der Waals surface area (Å²) in [4.78, 5) is 14.5. The van der Waals surface area contributed by atoms with Crippen LogP contribution in [0.15, 0.2) is 97.5 Å². The van der Waals surface area contributed by atoms with Gasteiger partial charge in [-0.2, -0.15) is 0 Å². The average molecular weight is 567 g/mol. The molecular formula is C38H38N4O. The number of phenolic OH excluding ortho intramolecular Hbond substituents is 1.